The van der Waals surface area contributed by atoms with Crippen LogP contribution in [0.2, 0.25) is 0 Å². The third kappa shape index (κ3) is 6.49. The number of aliphatic hydroxyl groups excluding tert-OH is 1. The molecule has 3 aliphatic rings. The van der Waals surface area contributed by atoms with Gasteiger partial charge in [0.2, 0.25) is 0 Å². The summed E-state index contributed by atoms with van der Waals surface area (Å²) in [5.41, 5.74) is 1.15. The maximum atomic E-state index is 9.30. The molecular formula is C29H58O. The summed E-state index contributed by atoms with van der Waals surface area (Å²) < 4.78 is 0. The monoisotopic (exact) mass is 422 g/mol. The molecule has 0 heterocycles. The second-order valence-corrected chi connectivity index (χ2v) is 11.1. The van der Waals surface area contributed by atoms with Crippen molar-refractivity contribution in [1.82, 2.24) is 0 Å². The first-order valence-electron chi connectivity index (χ1n) is 14.0. The van der Waals surface area contributed by atoms with E-state index in [0.29, 0.717) is 17.4 Å². The number of hydrogen-bond acceptors (Lipinski definition) is 1. The van der Waals surface area contributed by atoms with Crippen molar-refractivity contribution >= 4 is 0 Å². The van der Waals surface area contributed by atoms with Gasteiger partial charge in [0.05, 0.1) is 0 Å². The summed E-state index contributed by atoms with van der Waals surface area (Å²) in [5.74, 6) is 4.75. The highest BCUT2D eigenvalue weighted by Gasteiger charge is 2.51. The molecule has 0 aromatic rings. The molecule has 0 radical (unpaired) electrons. The molecule has 4 unspecified atom stereocenters. The van der Waals surface area contributed by atoms with E-state index in [4.69, 9.17) is 0 Å². The van der Waals surface area contributed by atoms with Gasteiger partial charge in [-0.05, 0) is 91.8 Å². The average Bonchev–Trinajstić information content (AvgIpc) is 3.10. The largest absolute Gasteiger partial charge is 0.396 e. The van der Waals surface area contributed by atoms with Gasteiger partial charge >= 0.3 is 0 Å². The molecule has 6 atom stereocenters. The van der Waals surface area contributed by atoms with E-state index in [2.05, 4.69) is 27.7 Å². The highest BCUT2D eigenvalue weighted by atomic mass is 16.2. The fourth-order valence-electron chi connectivity index (χ4n) is 7.95. The van der Waals surface area contributed by atoms with Crippen molar-refractivity contribution in [2.45, 2.75) is 139 Å². The Hall–Kier alpha value is -0.0400. The van der Waals surface area contributed by atoms with Gasteiger partial charge < -0.3 is 5.11 Å². The van der Waals surface area contributed by atoms with E-state index in [0.717, 1.165) is 36.0 Å². The van der Waals surface area contributed by atoms with Crippen LogP contribution in [-0.2, 0) is 0 Å². The maximum absolute atomic E-state index is 9.30. The van der Waals surface area contributed by atoms with Gasteiger partial charge in [-0.25, -0.2) is 0 Å². The van der Waals surface area contributed by atoms with Crippen LogP contribution in [0.25, 0.3) is 0 Å². The normalized spacial score (nSPS) is 35.9. The molecule has 1 N–H and O–H groups in total. The first-order chi connectivity index (χ1) is 14.4. The third-order valence-electron chi connectivity index (χ3n) is 9.46. The molecule has 1 heteroatoms. The van der Waals surface area contributed by atoms with Gasteiger partial charge in [0.25, 0.3) is 0 Å². The fourth-order valence-corrected chi connectivity index (χ4v) is 7.95. The van der Waals surface area contributed by atoms with Crippen LogP contribution in [0.15, 0.2) is 0 Å². The van der Waals surface area contributed by atoms with E-state index in [1.165, 1.54) is 77.0 Å². The summed E-state index contributed by atoms with van der Waals surface area (Å²) in [6.07, 6.45) is 18.4. The zero-order valence-electron chi connectivity index (χ0n) is 22.2. The molecule has 3 fully saturated rings. The lowest BCUT2D eigenvalue weighted by Gasteiger charge is -2.49. The summed E-state index contributed by atoms with van der Waals surface area (Å²) in [6, 6.07) is 0. The number of fused-ring (bicyclic) bond motifs is 1. The van der Waals surface area contributed by atoms with Gasteiger partial charge in [-0.15, -0.1) is 0 Å². The predicted octanol–water partition coefficient (Wildman–Crippen LogP) is 9.28. The molecule has 0 aromatic carbocycles. The lowest BCUT2D eigenvalue weighted by Crippen LogP contribution is -2.40. The maximum Gasteiger partial charge on any atom is 0.0431 e. The van der Waals surface area contributed by atoms with Crippen molar-refractivity contribution < 1.29 is 5.11 Å². The topological polar surface area (TPSA) is 20.2 Å². The summed E-state index contributed by atoms with van der Waals surface area (Å²) in [4.78, 5) is 0. The second kappa shape index (κ2) is 13.5. The standard InChI is InChI=1S/C25H46O.2C2H6/c1-5-19(22-12-6-7-15-24(22,2)3)18-20-10-8-16-25(4)21(11-9-17-26)13-14-23(20)25;2*1-2/h19-23,26H,5-18H2,1-4H3;2*1-2H3/t19-,20?,21-,22?,23?,25?;;/m0../s1. The van der Waals surface area contributed by atoms with E-state index in [9.17, 15) is 5.11 Å². The minimum absolute atomic E-state index is 0.384. The Labute approximate surface area is 191 Å². The van der Waals surface area contributed by atoms with Gasteiger partial charge in [-0.2, -0.15) is 0 Å². The molecule has 0 saturated heterocycles. The van der Waals surface area contributed by atoms with Gasteiger partial charge in [0.15, 0.2) is 0 Å². The Bertz CT molecular complexity index is 442. The molecule has 0 bridgehead atoms. The Balaban J connectivity index is 0.00000106. The van der Waals surface area contributed by atoms with Gasteiger partial charge in [-0.3, -0.25) is 0 Å². The molecule has 0 spiro atoms. The van der Waals surface area contributed by atoms with Gasteiger partial charge in [-0.1, -0.05) is 87.5 Å². The number of rotatable bonds is 7. The van der Waals surface area contributed by atoms with E-state index < -0.39 is 0 Å². The molecule has 3 saturated carbocycles. The Kier molecular flexibility index (Phi) is 12.6. The highest BCUT2D eigenvalue weighted by Crippen LogP contribution is 2.60. The predicted molar refractivity (Wildman–Crippen MR) is 135 cm³/mol. The molecule has 3 aliphatic carbocycles. The molecule has 0 amide bonds. The first-order valence-corrected chi connectivity index (χ1v) is 14.0. The summed E-state index contributed by atoms with van der Waals surface area (Å²) in [5, 5.41) is 9.30. The minimum Gasteiger partial charge on any atom is -0.396 e. The van der Waals surface area contributed by atoms with Crippen LogP contribution in [0.5, 0.6) is 0 Å². The van der Waals surface area contributed by atoms with Crippen LogP contribution in [0.1, 0.15) is 139 Å². The van der Waals surface area contributed by atoms with Crippen molar-refractivity contribution in [3.8, 4) is 0 Å². The Morgan fingerprint density at radius 3 is 2.17 bits per heavy atom. The fraction of sp³-hybridized carbons (Fsp3) is 1.00. The molecule has 0 aliphatic heterocycles. The smallest absolute Gasteiger partial charge is 0.0431 e. The first kappa shape index (κ1) is 28.0. The molecular weight excluding hydrogens is 364 g/mol. The van der Waals surface area contributed by atoms with E-state index in [1.54, 1.807) is 0 Å². The van der Waals surface area contributed by atoms with Crippen molar-refractivity contribution in [1.29, 1.82) is 0 Å². The van der Waals surface area contributed by atoms with Crippen molar-refractivity contribution in [2.24, 2.45) is 40.4 Å². The molecule has 180 valence electrons. The average molecular weight is 423 g/mol. The lowest BCUT2D eigenvalue weighted by molar-refractivity contribution is 0.0102. The van der Waals surface area contributed by atoms with Crippen molar-refractivity contribution in [2.75, 3.05) is 6.61 Å². The van der Waals surface area contributed by atoms with Gasteiger partial charge in [0.1, 0.15) is 0 Å². The van der Waals surface area contributed by atoms with E-state index in [1.807, 2.05) is 27.7 Å². The summed E-state index contributed by atoms with van der Waals surface area (Å²) in [6.45, 7) is 18.6. The van der Waals surface area contributed by atoms with Crippen LogP contribution in [0.3, 0.4) is 0 Å². The van der Waals surface area contributed by atoms with Gasteiger partial charge in [0, 0.05) is 6.61 Å². The lowest BCUT2D eigenvalue weighted by atomic mass is 9.56. The molecule has 3 rings (SSSR count). The summed E-state index contributed by atoms with van der Waals surface area (Å²) in [7, 11) is 0. The Morgan fingerprint density at radius 2 is 1.57 bits per heavy atom. The molecule has 0 aromatic heterocycles. The van der Waals surface area contributed by atoms with Crippen molar-refractivity contribution in [3.05, 3.63) is 0 Å². The Morgan fingerprint density at radius 1 is 0.867 bits per heavy atom. The minimum atomic E-state index is 0.384. The number of hydrogen-bond donors (Lipinski definition) is 1. The van der Waals surface area contributed by atoms with Crippen LogP contribution in [0, 0.1) is 40.4 Å². The van der Waals surface area contributed by atoms with E-state index >= 15 is 0 Å². The zero-order valence-corrected chi connectivity index (χ0v) is 22.2. The van der Waals surface area contributed by atoms with E-state index in [-0.39, 0.29) is 0 Å². The highest BCUT2D eigenvalue weighted by molar-refractivity contribution is 5.01. The van der Waals surface area contributed by atoms with Crippen LogP contribution in [0.4, 0.5) is 0 Å². The SMILES string of the molecule is CC.CC.CC[C@@H](CC1CCCC2(C)C1CC[C@@H]2CCCO)C1CCCCC1(C)C. The summed E-state index contributed by atoms with van der Waals surface area (Å²) >= 11 is 0. The molecule has 30 heavy (non-hydrogen) atoms. The van der Waals surface area contributed by atoms with Crippen LogP contribution >= 0.6 is 0 Å². The molecule has 1 nitrogen and oxygen atoms in total. The quantitative estimate of drug-likeness (QED) is 0.433. The second-order valence-electron chi connectivity index (χ2n) is 11.1. The van der Waals surface area contributed by atoms with Crippen LogP contribution in [-0.4, -0.2) is 11.7 Å². The van der Waals surface area contributed by atoms with Crippen molar-refractivity contribution in [3.63, 3.8) is 0 Å². The third-order valence-corrected chi connectivity index (χ3v) is 9.46. The van der Waals surface area contributed by atoms with Crippen LogP contribution < -0.4 is 0 Å². The zero-order chi connectivity index (χ0) is 22.8. The number of aliphatic hydroxyl groups is 1.